The molecule has 0 saturated carbocycles. The van der Waals surface area contributed by atoms with Crippen molar-refractivity contribution in [3.8, 4) is 17.2 Å². The zero-order valence-electron chi connectivity index (χ0n) is 17.1. The Kier molecular flexibility index (Phi) is 7.65. The lowest BCUT2D eigenvalue weighted by Gasteiger charge is -2.13. The Labute approximate surface area is 170 Å². The first kappa shape index (κ1) is 21.8. The Bertz CT molecular complexity index is 889. The predicted molar refractivity (Wildman–Crippen MR) is 110 cm³/mol. The van der Waals surface area contributed by atoms with E-state index in [0.717, 1.165) is 5.56 Å². The molecule has 2 aromatic carbocycles. The van der Waals surface area contributed by atoms with Crippen LogP contribution in [0.3, 0.4) is 0 Å². The van der Waals surface area contributed by atoms with Gasteiger partial charge in [0.15, 0.2) is 17.6 Å². The van der Waals surface area contributed by atoms with Crippen LogP contribution in [-0.4, -0.2) is 39.3 Å². The van der Waals surface area contributed by atoms with Crippen molar-refractivity contribution < 1.29 is 28.5 Å². The number of carbonyl (C=O) groups is 2. The highest BCUT2D eigenvalue weighted by molar-refractivity contribution is 5.96. The van der Waals surface area contributed by atoms with Crippen LogP contribution in [0.25, 0.3) is 6.08 Å². The van der Waals surface area contributed by atoms with Gasteiger partial charge in [-0.1, -0.05) is 17.7 Å². The lowest BCUT2D eigenvalue weighted by atomic mass is 10.1. The van der Waals surface area contributed by atoms with E-state index in [0.29, 0.717) is 28.5 Å². The van der Waals surface area contributed by atoms with Crippen LogP contribution in [0.15, 0.2) is 42.5 Å². The number of hydrogen-bond acceptors (Lipinski definition) is 6. The molecule has 2 aromatic rings. The zero-order chi connectivity index (χ0) is 21.4. The third-order valence-electron chi connectivity index (χ3n) is 4.12. The fraction of sp³-hybridized carbons (Fsp3) is 0.273. The molecule has 0 fully saturated rings. The molecule has 1 unspecified atom stereocenters. The molecule has 29 heavy (non-hydrogen) atoms. The van der Waals surface area contributed by atoms with Gasteiger partial charge in [0.25, 0.3) is 5.91 Å². The van der Waals surface area contributed by atoms with E-state index in [1.54, 1.807) is 24.3 Å². The number of hydrogen-bond donors (Lipinski definition) is 1. The Morgan fingerprint density at radius 3 is 2.10 bits per heavy atom. The molecule has 0 heterocycles. The summed E-state index contributed by atoms with van der Waals surface area (Å²) < 4.78 is 21.0. The molecule has 0 bridgehead atoms. The number of nitrogens with one attached hydrogen (secondary N) is 1. The average Bonchev–Trinajstić information content (AvgIpc) is 2.72. The number of anilines is 1. The van der Waals surface area contributed by atoms with Gasteiger partial charge in [-0.3, -0.25) is 4.79 Å². The summed E-state index contributed by atoms with van der Waals surface area (Å²) in [6.45, 7) is 3.46. The second-order valence-corrected chi connectivity index (χ2v) is 6.22. The summed E-state index contributed by atoms with van der Waals surface area (Å²) in [7, 11) is 4.54. The highest BCUT2D eigenvalue weighted by atomic mass is 16.5. The van der Waals surface area contributed by atoms with Gasteiger partial charge in [0.2, 0.25) is 0 Å². The summed E-state index contributed by atoms with van der Waals surface area (Å²) >= 11 is 0. The van der Waals surface area contributed by atoms with Crippen LogP contribution in [-0.2, 0) is 14.3 Å². The van der Waals surface area contributed by atoms with E-state index in [9.17, 15) is 9.59 Å². The Hall–Kier alpha value is -3.48. The molecule has 1 N–H and O–H groups in total. The topological polar surface area (TPSA) is 83.1 Å². The van der Waals surface area contributed by atoms with Gasteiger partial charge in [0.05, 0.1) is 21.3 Å². The minimum atomic E-state index is -0.958. The molecule has 1 amide bonds. The summed E-state index contributed by atoms with van der Waals surface area (Å²) in [6.07, 6.45) is 1.79. The number of amides is 1. The van der Waals surface area contributed by atoms with Crippen LogP contribution in [0.1, 0.15) is 18.1 Å². The lowest BCUT2D eigenvalue weighted by molar-refractivity contribution is -0.148. The van der Waals surface area contributed by atoms with E-state index in [2.05, 4.69) is 5.32 Å². The van der Waals surface area contributed by atoms with Crippen molar-refractivity contribution in [1.29, 1.82) is 0 Å². The predicted octanol–water partition coefficient (Wildman–Crippen LogP) is 3.60. The number of aryl methyl sites for hydroxylation is 1. The molecule has 7 nitrogen and oxygen atoms in total. The minimum Gasteiger partial charge on any atom is -0.496 e. The van der Waals surface area contributed by atoms with Crippen LogP contribution in [0, 0.1) is 6.92 Å². The van der Waals surface area contributed by atoms with Crippen LogP contribution >= 0.6 is 0 Å². The fourth-order valence-corrected chi connectivity index (χ4v) is 2.49. The number of esters is 1. The summed E-state index contributed by atoms with van der Waals surface area (Å²) in [5.74, 6) is 0.419. The summed E-state index contributed by atoms with van der Waals surface area (Å²) in [6, 6.07) is 10.7. The van der Waals surface area contributed by atoms with Crippen molar-refractivity contribution in [3.63, 3.8) is 0 Å². The van der Waals surface area contributed by atoms with Gasteiger partial charge in [0.1, 0.15) is 5.75 Å². The minimum absolute atomic E-state index is 0.417. The molecule has 2 rings (SSSR count). The molecular weight excluding hydrogens is 374 g/mol. The standard InChI is InChI=1S/C22H25NO6/c1-14-6-9-17(10-7-14)23-22(25)15(2)29-21(24)11-8-16-12-19(27-4)20(28-5)13-18(16)26-3/h6-13,15H,1-5H3,(H,23,25)/b11-8+. The van der Waals surface area contributed by atoms with E-state index in [4.69, 9.17) is 18.9 Å². The van der Waals surface area contributed by atoms with Crippen LogP contribution in [0.2, 0.25) is 0 Å². The summed E-state index contributed by atoms with van der Waals surface area (Å²) in [5, 5.41) is 2.70. The molecule has 0 aliphatic carbocycles. The molecule has 0 aliphatic rings. The van der Waals surface area contributed by atoms with E-state index < -0.39 is 18.0 Å². The molecule has 0 saturated heterocycles. The molecule has 154 valence electrons. The number of rotatable bonds is 8. The normalized spacial score (nSPS) is 11.6. The SMILES string of the molecule is COc1cc(OC)c(OC)cc1/C=C/C(=O)OC(C)C(=O)Nc1ccc(C)cc1. The van der Waals surface area contributed by atoms with Crippen molar-refractivity contribution in [2.45, 2.75) is 20.0 Å². The number of methoxy groups -OCH3 is 3. The third-order valence-corrected chi connectivity index (χ3v) is 4.12. The number of benzene rings is 2. The molecule has 7 heteroatoms. The second-order valence-electron chi connectivity index (χ2n) is 6.22. The summed E-state index contributed by atoms with van der Waals surface area (Å²) in [4.78, 5) is 24.3. The van der Waals surface area contributed by atoms with E-state index >= 15 is 0 Å². The zero-order valence-corrected chi connectivity index (χ0v) is 17.1. The van der Waals surface area contributed by atoms with Gasteiger partial charge in [-0.2, -0.15) is 0 Å². The molecule has 0 spiro atoms. The van der Waals surface area contributed by atoms with Crippen molar-refractivity contribution in [2.24, 2.45) is 0 Å². The van der Waals surface area contributed by atoms with Crippen LogP contribution in [0.4, 0.5) is 5.69 Å². The van der Waals surface area contributed by atoms with E-state index in [-0.39, 0.29) is 0 Å². The highest BCUT2D eigenvalue weighted by Crippen LogP contribution is 2.35. The second kappa shape index (κ2) is 10.2. The van der Waals surface area contributed by atoms with E-state index in [1.807, 2.05) is 19.1 Å². The fourth-order valence-electron chi connectivity index (χ4n) is 2.49. The largest absolute Gasteiger partial charge is 0.496 e. The first-order valence-corrected chi connectivity index (χ1v) is 8.94. The van der Waals surface area contributed by atoms with Gasteiger partial charge >= 0.3 is 5.97 Å². The molecule has 1 atom stereocenters. The van der Waals surface area contributed by atoms with Crippen LogP contribution in [0.5, 0.6) is 17.2 Å². The summed E-state index contributed by atoms with van der Waals surface area (Å²) in [5.41, 5.74) is 2.31. The maximum absolute atomic E-state index is 12.2. The maximum atomic E-state index is 12.2. The number of carbonyl (C=O) groups excluding carboxylic acids is 2. The molecule has 0 aliphatic heterocycles. The maximum Gasteiger partial charge on any atom is 0.331 e. The lowest BCUT2D eigenvalue weighted by Crippen LogP contribution is -2.29. The smallest absolute Gasteiger partial charge is 0.331 e. The van der Waals surface area contributed by atoms with Crippen molar-refractivity contribution in [3.05, 3.63) is 53.6 Å². The number of ether oxygens (including phenoxy) is 4. The van der Waals surface area contributed by atoms with Gasteiger partial charge in [-0.05, 0) is 38.1 Å². The molecular formula is C22H25NO6. The van der Waals surface area contributed by atoms with Gasteiger partial charge in [0, 0.05) is 23.4 Å². The van der Waals surface area contributed by atoms with Crippen molar-refractivity contribution in [1.82, 2.24) is 0 Å². The Balaban J connectivity index is 2.03. The molecule has 0 radical (unpaired) electrons. The molecule has 0 aromatic heterocycles. The first-order chi connectivity index (χ1) is 13.9. The van der Waals surface area contributed by atoms with Crippen LogP contribution < -0.4 is 19.5 Å². The average molecular weight is 399 g/mol. The van der Waals surface area contributed by atoms with Gasteiger partial charge in [-0.25, -0.2) is 4.79 Å². The Morgan fingerprint density at radius 2 is 1.52 bits per heavy atom. The Morgan fingerprint density at radius 1 is 0.931 bits per heavy atom. The first-order valence-electron chi connectivity index (χ1n) is 8.94. The quantitative estimate of drug-likeness (QED) is 0.539. The van der Waals surface area contributed by atoms with Gasteiger partial charge < -0.3 is 24.3 Å². The van der Waals surface area contributed by atoms with Crippen molar-refractivity contribution >= 4 is 23.6 Å². The van der Waals surface area contributed by atoms with Gasteiger partial charge in [-0.15, -0.1) is 0 Å². The third kappa shape index (κ3) is 6.00. The monoisotopic (exact) mass is 399 g/mol. The highest BCUT2D eigenvalue weighted by Gasteiger charge is 2.17. The van der Waals surface area contributed by atoms with E-state index in [1.165, 1.54) is 40.4 Å². The van der Waals surface area contributed by atoms with Crippen molar-refractivity contribution in [2.75, 3.05) is 26.6 Å².